The van der Waals surface area contributed by atoms with E-state index in [4.69, 9.17) is 0 Å². The predicted octanol–water partition coefficient (Wildman–Crippen LogP) is 0.992. The molecule has 15 heavy (non-hydrogen) atoms. The van der Waals surface area contributed by atoms with Crippen molar-refractivity contribution >= 4 is 5.82 Å². The average Bonchev–Trinajstić information content (AvgIpc) is 2.23. The number of hydrogen-bond acceptors (Lipinski definition) is 4. The summed E-state index contributed by atoms with van der Waals surface area (Å²) in [5.74, 6) is 1.26. The largest absolute Gasteiger partial charge is 0.391 e. The Labute approximate surface area is 89.9 Å². The van der Waals surface area contributed by atoms with Gasteiger partial charge >= 0.3 is 0 Å². The number of aliphatic hydroxyl groups excluding tert-OH is 1. The van der Waals surface area contributed by atoms with Crippen LogP contribution in [0, 0.1) is 12.8 Å². The summed E-state index contributed by atoms with van der Waals surface area (Å²) in [6, 6.07) is 3.91. The van der Waals surface area contributed by atoms with E-state index in [1.54, 1.807) is 0 Å². The van der Waals surface area contributed by atoms with Crippen LogP contribution in [0.5, 0.6) is 0 Å². The van der Waals surface area contributed by atoms with E-state index >= 15 is 0 Å². The van der Waals surface area contributed by atoms with Crippen LogP contribution in [-0.4, -0.2) is 34.5 Å². The molecule has 1 saturated heterocycles. The topological polar surface area (TPSA) is 49.2 Å². The molecule has 0 amide bonds. The Balaban J connectivity index is 2.08. The van der Waals surface area contributed by atoms with Crippen LogP contribution in [-0.2, 0) is 0 Å². The number of aliphatic hydroxyl groups is 1. The lowest BCUT2D eigenvalue weighted by Gasteiger charge is -2.34. The SMILES string of the molecule is Cc1ccc(N2CCC(C)C(O)C2)nn1. The first-order chi connectivity index (χ1) is 7.16. The van der Waals surface area contributed by atoms with Crippen molar-refractivity contribution in [3.63, 3.8) is 0 Å². The zero-order valence-corrected chi connectivity index (χ0v) is 9.22. The van der Waals surface area contributed by atoms with E-state index in [1.165, 1.54) is 0 Å². The molecule has 4 heteroatoms. The summed E-state index contributed by atoms with van der Waals surface area (Å²) >= 11 is 0. The molecule has 2 heterocycles. The second-order valence-corrected chi connectivity index (χ2v) is 4.31. The molecular weight excluding hydrogens is 190 g/mol. The molecule has 0 aliphatic carbocycles. The average molecular weight is 207 g/mol. The third-order valence-corrected chi connectivity index (χ3v) is 3.03. The van der Waals surface area contributed by atoms with Gasteiger partial charge < -0.3 is 10.0 Å². The van der Waals surface area contributed by atoms with Crippen LogP contribution in [0.4, 0.5) is 5.82 Å². The fourth-order valence-corrected chi connectivity index (χ4v) is 1.82. The number of hydrogen-bond donors (Lipinski definition) is 1. The van der Waals surface area contributed by atoms with Gasteiger partial charge in [0.2, 0.25) is 0 Å². The second-order valence-electron chi connectivity index (χ2n) is 4.31. The van der Waals surface area contributed by atoms with Gasteiger partial charge in [0.15, 0.2) is 5.82 Å². The number of piperidine rings is 1. The summed E-state index contributed by atoms with van der Waals surface area (Å²) in [6.45, 7) is 5.63. The molecule has 1 aliphatic rings. The number of aromatic nitrogens is 2. The van der Waals surface area contributed by atoms with Crippen molar-refractivity contribution in [2.75, 3.05) is 18.0 Å². The fourth-order valence-electron chi connectivity index (χ4n) is 1.82. The van der Waals surface area contributed by atoms with Gasteiger partial charge in [0, 0.05) is 13.1 Å². The Morgan fingerprint density at radius 1 is 1.40 bits per heavy atom. The first kappa shape index (κ1) is 10.4. The Hall–Kier alpha value is -1.16. The van der Waals surface area contributed by atoms with Crippen molar-refractivity contribution in [2.24, 2.45) is 5.92 Å². The summed E-state index contributed by atoms with van der Waals surface area (Å²) in [5.41, 5.74) is 0.921. The molecule has 2 unspecified atom stereocenters. The normalized spacial score (nSPS) is 26.7. The highest BCUT2D eigenvalue weighted by Crippen LogP contribution is 2.21. The van der Waals surface area contributed by atoms with Crippen LogP contribution in [0.2, 0.25) is 0 Å². The van der Waals surface area contributed by atoms with Gasteiger partial charge in [0.25, 0.3) is 0 Å². The summed E-state index contributed by atoms with van der Waals surface area (Å²) < 4.78 is 0. The van der Waals surface area contributed by atoms with Gasteiger partial charge in [-0.25, -0.2) is 0 Å². The van der Waals surface area contributed by atoms with E-state index in [1.807, 2.05) is 19.1 Å². The summed E-state index contributed by atoms with van der Waals surface area (Å²) in [6.07, 6.45) is 0.762. The minimum Gasteiger partial charge on any atom is -0.391 e. The van der Waals surface area contributed by atoms with Crippen molar-refractivity contribution in [1.29, 1.82) is 0 Å². The second kappa shape index (κ2) is 4.14. The molecule has 1 N–H and O–H groups in total. The highest BCUT2D eigenvalue weighted by atomic mass is 16.3. The molecule has 0 saturated carbocycles. The molecule has 1 aromatic heterocycles. The molecule has 82 valence electrons. The lowest BCUT2D eigenvalue weighted by Crippen LogP contribution is -2.43. The smallest absolute Gasteiger partial charge is 0.151 e. The highest BCUT2D eigenvalue weighted by Gasteiger charge is 2.24. The molecule has 2 atom stereocenters. The van der Waals surface area contributed by atoms with Crippen LogP contribution in [0.25, 0.3) is 0 Å². The molecule has 0 radical (unpaired) electrons. The van der Waals surface area contributed by atoms with Crippen molar-refractivity contribution in [3.8, 4) is 0 Å². The Kier molecular flexibility index (Phi) is 2.86. The van der Waals surface area contributed by atoms with Crippen molar-refractivity contribution < 1.29 is 5.11 Å². The molecule has 4 nitrogen and oxygen atoms in total. The lowest BCUT2D eigenvalue weighted by atomic mass is 9.96. The molecule has 2 rings (SSSR count). The Morgan fingerprint density at radius 2 is 2.20 bits per heavy atom. The van der Waals surface area contributed by atoms with Crippen molar-refractivity contribution in [3.05, 3.63) is 17.8 Å². The maximum absolute atomic E-state index is 9.77. The van der Waals surface area contributed by atoms with E-state index in [-0.39, 0.29) is 6.10 Å². The van der Waals surface area contributed by atoms with Crippen molar-refractivity contribution in [2.45, 2.75) is 26.4 Å². The van der Waals surface area contributed by atoms with Gasteiger partial charge in [0.05, 0.1) is 11.8 Å². The molecular formula is C11H17N3O. The van der Waals surface area contributed by atoms with Gasteiger partial charge in [-0.2, -0.15) is 5.10 Å². The van der Waals surface area contributed by atoms with E-state index in [9.17, 15) is 5.11 Å². The van der Waals surface area contributed by atoms with Gasteiger partial charge in [-0.3, -0.25) is 0 Å². The van der Waals surface area contributed by atoms with Gasteiger partial charge in [0.1, 0.15) is 0 Å². The first-order valence-corrected chi connectivity index (χ1v) is 5.40. The standard InChI is InChI=1S/C11H17N3O/c1-8-5-6-14(7-10(8)15)11-4-3-9(2)12-13-11/h3-4,8,10,15H,5-7H2,1-2H3. The molecule has 0 spiro atoms. The molecule has 1 fully saturated rings. The zero-order valence-electron chi connectivity index (χ0n) is 9.22. The first-order valence-electron chi connectivity index (χ1n) is 5.40. The van der Waals surface area contributed by atoms with Crippen LogP contribution in [0.15, 0.2) is 12.1 Å². The van der Waals surface area contributed by atoms with E-state index in [0.717, 1.165) is 24.5 Å². The highest BCUT2D eigenvalue weighted by molar-refractivity contribution is 5.38. The lowest BCUT2D eigenvalue weighted by molar-refractivity contribution is 0.102. The summed E-state index contributed by atoms with van der Waals surface area (Å²) in [4.78, 5) is 2.09. The quantitative estimate of drug-likeness (QED) is 0.746. The molecule has 0 aromatic carbocycles. The number of anilines is 1. The number of rotatable bonds is 1. The van der Waals surface area contributed by atoms with Crippen LogP contribution in [0.1, 0.15) is 19.0 Å². The fraction of sp³-hybridized carbons (Fsp3) is 0.636. The third kappa shape index (κ3) is 2.26. The Bertz CT molecular complexity index is 325. The molecule has 1 aliphatic heterocycles. The van der Waals surface area contributed by atoms with Crippen molar-refractivity contribution in [1.82, 2.24) is 10.2 Å². The number of β-amino-alcohol motifs (C(OH)–C–C–N with tert-alkyl or cyclic N) is 1. The monoisotopic (exact) mass is 207 g/mol. The van der Waals surface area contributed by atoms with E-state index in [2.05, 4.69) is 22.0 Å². The predicted molar refractivity (Wildman–Crippen MR) is 58.8 cm³/mol. The van der Waals surface area contributed by atoms with E-state index in [0.29, 0.717) is 12.5 Å². The van der Waals surface area contributed by atoms with E-state index < -0.39 is 0 Å². The van der Waals surface area contributed by atoms with Crippen LogP contribution >= 0.6 is 0 Å². The maximum atomic E-state index is 9.77. The molecule has 0 bridgehead atoms. The Morgan fingerprint density at radius 3 is 2.80 bits per heavy atom. The maximum Gasteiger partial charge on any atom is 0.151 e. The number of aryl methyl sites for hydroxylation is 1. The van der Waals surface area contributed by atoms with Gasteiger partial charge in [-0.05, 0) is 31.4 Å². The molecule has 1 aromatic rings. The summed E-state index contributed by atoms with van der Waals surface area (Å²) in [7, 11) is 0. The van der Waals surface area contributed by atoms with Gasteiger partial charge in [-0.1, -0.05) is 6.92 Å². The number of nitrogens with zero attached hydrogens (tertiary/aromatic N) is 3. The van der Waals surface area contributed by atoms with Gasteiger partial charge in [-0.15, -0.1) is 5.10 Å². The van der Waals surface area contributed by atoms with Crippen LogP contribution < -0.4 is 4.90 Å². The minimum absolute atomic E-state index is 0.248. The third-order valence-electron chi connectivity index (χ3n) is 3.03. The van der Waals surface area contributed by atoms with Crippen LogP contribution in [0.3, 0.4) is 0 Å². The minimum atomic E-state index is -0.248. The summed E-state index contributed by atoms with van der Waals surface area (Å²) in [5, 5.41) is 17.9. The zero-order chi connectivity index (χ0) is 10.8.